The lowest BCUT2D eigenvalue weighted by Crippen LogP contribution is -2.29. The predicted molar refractivity (Wildman–Crippen MR) is 63.9 cm³/mol. The van der Waals surface area contributed by atoms with Crippen molar-refractivity contribution in [3.8, 4) is 0 Å². The molecule has 1 N–H and O–H groups in total. The van der Waals surface area contributed by atoms with E-state index in [0.717, 1.165) is 6.20 Å². The number of halogens is 3. The lowest BCUT2D eigenvalue weighted by Gasteiger charge is -2.07. The number of aromatic nitrogens is 1. The van der Waals surface area contributed by atoms with E-state index in [1.807, 2.05) is 0 Å². The first kappa shape index (κ1) is 12.2. The molecule has 0 radical (unpaired) electrons. The van der Waals surface area contributed by atoms with Crippen molar-refractivity contribution >= 4 is 51.7 Å². The van der Waals surface area contributed by atoms with Crippen LogP contribution in [0, 0.1) is 0 Å². The van der Waals surface area contributed by atoms with E-state index in [4.69, 9.17) is 34.8 Å². The number of hydrogen-bond donors (Lipinski definition) is 1. The second-order valence-electron chi connectivity index (χ2n) is 3.22. The summed E-state index contributed by atoms with van der Waals surface area (Å²) in [6.45, 7) is 0. The first-order valence-electron chi connectivity index (χ1n) is 4.33. The molecule has 0 saturated carbocycles. The Balaban J connectivity index is 3.04. The first-order chi connectivity index (χ1) is 7.93. The number of benzene rings is 1. The third-order valence-electron chi connectivity index (χ3n) is 2.22. The van der Waals surface area contributed by atoms with Crippen LogP contribution in [0.4, 0.5) is 0 Å². The molecule has 4 nitrogen and oxygen atoms in total. The van der Waals surface area contributed by atoms with Gasteiger partial charge in [0.1, 0.15) is 0 Å². The van der Waals surface area contributed by atoms with E-state index in [1.54, 1.807) is 0 Å². The van der Waals surface area contributed by atoms with E-state index < -0.39 is 17.0 Å². The molecular weight excluding hydrogens is 288 g/mol. The number of aromatic carboxylic acids is 1. The van der Waals surface area contributed by atoms with E-state index in [1.165, 1.54) is 6.07 Å². The van der Waals surface area contributed by atoms with Crippen LogP contribution in [0.1, 0.15) is 10.4 Å². The minimum atomic E-state index is -1.60. The number of hydrogen-bond acceptors (Lipinski definition) is 3. The molecule has 0 fully saturated rings. The molecule has 2 rings (SSSR count). The summed E-state index contributed by atoms with van der Waals surface area (Å²) in [7, 11) is 0. The van der Waals surface area contributed by atoms with Crippen LogP contribution >= 0.6 is 34.8 Å². The highest BCUT2D eigenvalue weighted by Crippen LogP contribution is 2.33. The monoisotopic (exact) mass is 290 g/mol. The maximum absolute atomic E-state index is 11.9. The normalized spacial score (nSPS) is 10.8. The van der Waals surface area contributed by atoms with E-state index in [2.05, 4.69) is 4.98 Å². The second kappa shape index (κ2) is 4.22. The summed E-state index contributed by atoms with van der Waals surface area (Å²) in [5, 5.41) is 10.8. The summed E-state index contributed by atoms with van der Waals surface area (Å²) < 4.78 is 0. The minimum absolute atomic E-state index is 0.0459. The van der Waals surface area contributed by atoms with Gasteiger partial charge in [-0.3, -0.25) is 4.79 Å². The minimum Gasteiger partial charge on any atom is -0.545 e. The number of H-pyrrole nitrogens is 1. The molecule has 0 atom stereocenters. The number of carbonyl (C=O) groups is 1. The molecule has 0 aliphatic carbocycles. The summed E-state index contributed by atoms with van der Waals surface area (Å²) >= 11 is 17.5. The number of carboxylic acid groups (broad SMARTS) is 1. The molecule has 1 heterocycles. The molecule has 2 aromatic rings. The van der Waals surface area contributed by atoms with Gasteiger partial charge in [0.15, 0.2) is 5.43 Å². The van der Waals surface area contributed by atoms with E-state index in [9.17, 15) is 14.7 Å². The second-order valence-corrected chi connectivity index (χ2v) is 4.42. The molecule has 0 amide bonds. The smallest absolute Gasteiger partial charge is 0.200 e. The molecule has 17 heavy (non-hydrogen) atoms. The molecule has 0 aliphatic heterocycles. The summed E-state index contributed by atoms with van der Waals surface area (Å²) in [6.07, 6.45) is 1.01. The molecule has 0 unspecified atom stereocenters. The van der Waals surface area contributed by atoms with Crippen molar-refractivity contribution in [3.05, 3.63) is 43.1 Å². The van der Waals surface area contributed by atoms with Crippen molar-refractivity contribution in [2.45, 2.75) is 0 Å². The zero-order valence-corrected chi connectivity index (χ0v) is 10.3. The Hall–Kier alpha value is -1.23. The van der Waals surface area contributed by atoms with Gasteiger partial charge in [-0.15, -0.1) is 0 Å². The van der Waals surface area contributed by atoms with E-state index in [0.29, 0.717) is 0 Å². The zero-order valence-electron chi connectivity index (χ0n) is 8.01. The topological polar surface area (TPSA) is 73.0 Å². The van der Waals surface area contributed by atoms with Crippen molar-refractivity contribution in [2.24, 2.45) is 0 Å². The summed E-state index contributed by atoms with van der Waals surface area (Å²) in [6, 6.07) is 1.36. The molecular formula is C10H3Cl3NO3-. The number of carbonyl (C=O) groups excluding carboxylic acids is 1. The van der Waals surface area contributed by atoms with Gasteiger partial charge in [0.25, 0.3) is 0 Å². The number of fused-ring (bicyclic) bond motifs is 1. The van der Waals surface area contributed by atoms with Crippen molar-refractivity contribution < 1.29 is 9.90 Å². The van der Waals surface area contributed by atoms with Gasteiger partial charge in [-0.05, 0) is 6.07 Å². The van der Waals surface area contributed by atoms with Crippen LogP contribution in [-0.4, -0.2) is 11.0 Å². The van der Waals surface area contributed by atoms with Crippen molar-refractivity contribution in [1.82, 2.24) is 4.98 Å². The highest BCUT2D eigenvalue weighted by Gasteiger charge is 2.14. The Morgan fingerprint density at radius 3 is 2.47 bits per heavy atom. The lowest BCUT2D eigenvalue weighted by molar-refractivity contribution is -0.255. The number of pyridine rings is 1. The number of nitrogens with one attached hydrogen (secondary N) is 1. The van der Waals surface area contributed by atoms with Gasteiger partial charge in [-0.25, -0.2) is 0 Å². The third kappa shape index (κ3) is 1.88. The molecule has 7 heteroatoms. The molecule has 88 valence electrons. The molecule has 0 aliphatic rings. The highest BCUT2D eigenvalue weighted by atomic mass is 35.5. The quantitative estimate of drug-likeness (QED) is 0.815. The number of rotatable bonds is 1. The number of carboxylic acids is 1. The van der Waals surface area contributed by atoms with Crippen LogP contribution in [0.25, 0.3) is 10.9 Å². The predicted octanol–water partition coefficient (Wildman–Crippen LogP) is 1.85. The average molecular weight is 291 g/mol. The average Bonchev–Trinajstić information content (AvgIpc) is 2.25. The van der Waals surface area contributed by atoms with Crippen LogP contribution in [0.2, 0.25) is 15.1 Å². The van der Waals surface area contributed by atoms with Crippen LogP contribution in [0.15, 0.2) is 17.1 Å². The molecule has 0 bridgehead atoms. The number of aromatic amines is 1. The molecule has 1 aromatic heterocycles. The third-order valence-corrected chi connectivity index (χ3v) is 3.31. The Kier molecular flexibility index (Phi) is 3.03. The van der Waals surface area contributed by atoms with E-state index >= 15 is 0 Å². The van der Waals surface area contributed by atoms with Gasteiger partial charge in [0.2, 0.25) is 0 Å². The van der Waals surface area contributed by atoms with Crippen LogP contribution < -0.4 is 10.5 Å². The van der Waals surface area contributed by atoms with Crippen LogP contribution in [0.5, 0.6) is 0 Å². The maximum Gasteiger partial charge on any atom is 0.200 e. The van der Waals surface area contributed by atoms with Crippen molar-refractivity contribution in [3.63, 3.8) is 0 Å². The van der Waals surface area contributed by atoms with Crippen molar-refractivity contribution in [1.29, 1.82) is 0 Å². The van der Waals surface area contributed by atoms with Crippen LogP contribution in [0.3, 0.4) is 0 Å². The Labute approximate surface area is 110 Å². The molecule has 1 aromatic carbocycles. The lowest BCUT2D eigenvalue weighted by atomic mass is 10.1. The van der Waals surface area contributed by atoms with Gasteiger partial charge in [-0.2, -0.15) is 0 Å². The van der Waals surface area contributed by atoms with Crippen LogP contribution in [-0.2, 0) is 0 Å². The molecule has 0 saturated heterocycles. The largest absolute Gasteiger partial charge is 0.545 e. The van der Waals surface area contributed by atoms with Gasteiger partial charge in [0.05, 0.1) is 37.5 Å². The summed E-state index contributed by atoms with van der Waals surface area (Å²) in [4.78, 5) is 25.1. The summed E-state index contributed by atoms with van der Waals surface area (Å²) in [5.41, 5.74) is -1.08. The fourth-order valence-corrected chi connectivity index (χ4v) is 2.20. The standard InChI is InChI=1S/C10H4Cl3NO3/c11-4-1-5(12)8-6(7(4)13)9(15)3(2-14-8)10(16)17/h1-2H,(H,14,15)(H,16,17)/p-1. The maximum atomic E-state index is 11.9. The zero-order chi connectivity index (χ0) is 12.7. The first-order valence-corrected chi connectivity index (χ1v) is 5.47. The van der Waals surface area contributed by atoms with Crippen molar-refractivity contribution in [2.75, 3.05) is 0 Å². The Morgan fingerprint density at radius 1 is 1.24 bits per heavy atom. The fourth-order valence-electron chi connectivity index (χ4n) is 1.45. The molecule has 0 spiro atoms. The highest BCUT2D eigenvalue weighted by molar-refractivity contribution is 6.47. The SMILES string of the molecule is O=C([O-])c1c[nH]c2c(Cl)cc(Cl)c(Cl)c2c1=O. The van der Waals surface area contributed by atoms with Gasteiger partial charge < -0.3 is 14.9 Å². The van der Waals surface area contributed by atoms with E-state index in [-0.39, 0.29) is 26.0 Å². The Morgan fingerprint density at radius 2 is 1.88 bits per heavy atom. The van der Waals surface area contributed by atoms with Gasteiger partial charge in [0, 0.05) is 6.20 Å². The Bertz CT molecular complexity index is 693. The fraction of sp³-hybridized carbons (Fsp3) is 0. The van der Waals surface area contributed by atoms with Gasteiger partial charge in [-0.1, -0.05) is 34.8 Å². The van der Waals surface area contributed by atoms with Gasteiger partial charge >= 0.3 is 0 Å². The summed E-state index contributed by atoms with van der Waals surface area (Å²) in [5.74, 6) is -1.60.